The Bertz CT molecular complexity index is 1260. The van der Waals surface area contributed by atoms with Crippen molar-refractivity contribution >= 4 is 23.5 Å². The van der Waals surface area contributed by atoms with Gasteiger partial charge in [0.15, 0.2) is 0 Å². The van der Waals surface area contributed by atoms with E-state index in [1.54, 1.807) is 57.4 Å². The molecule has 2 aromatic carbocycles. The van der Waals surface area contributed by atoms with Crippen molar-refractivity contribution in [1.82, 2.24) is 20.2 Å². The van der Waals surface area contributed by atoms with Gasteiger partial charge in [-0.2, -0.15) is 0 Å². The quantitative estimate of drug-likeness (QED) is 0.307. The van der Waals surface area contributed by atoms with E-state index in [1.165, 1.54) is 0 Å². The van der Waals surface area contributed by atoms with Crippen LogP contribution < -0.4 is 15.4 Å². The van der Waals surface area contributed by atoms with Gasteiger partial charge in [0.05, 0.1) is 6.61 Å². The van der Waals surface area contributed by atoms with E-state index in [2.05, 4.69) is 25.5 Å². The Morgan fingerprint density at radius 2 is 1.73 bits per heavy atom. The Hall–Kier alpha value is -4.02. The monoisotopic (exact) mass is 547 g/mol. The van der Waals surface area contributed by atoms with Crippen LogP contribution in [0.4, 0.5) is 11.6 Å². The topological polar surface area (TPSA) is 126 Å². The molecule has 0 spiro atoms. The maximum absolute atomic E-state index is 12.4. The number of carbonyl (C=O) groups excluding carboxylic acids is 2. The third kappa shape index (κ3) is 8.49. The van der Waals surface area contributed by atoms with E-state index in [0.29, 0.717) is 18.1 Å². The summed E-state index contributed by atoms with van der Waals surface area (Å²) in [6, 6.07) is 14.9. The van der Waals surface area contributed by atoms with Gasteiger partial charge in [-0.25, -0.2) is 9.97 Å². The van der Waals surface area contributed by atoms with Gasteiger partial charge >= 0.3 is 5.97 Å². The standard InChI is InChI=1S/C30H37N5O5/c1-30(2,3)40-27(37)19-31-28(38)22-8-6-21(7-9-22)23-17-32-29(33-18-23)34-24-10-12-26(13-11-24)39-16-15-35-14-4-5-25(35)20-36/h6-13,17-18,25,36H,4-5,14-16,19-20H2,1-3H3,(H,31,38)(H,32,33,34)/t25-/m0/s1. The van der Waals surface area contributed by atoms with Crippen LogP contribution >= 0.6 is 0 Å². The zero-order valence-corrected chi connectivity index (χ0v) is 23.2. The first-order valence-corrected chi connectivity index (χ1v) is 13.5. The van der Waals surface area contributed by atoms with Crippen LogP contribution in [-0.4, -0.2) is 76.3 Å². The minimum Gasteiger partial charge on any atom is -0.492 e. The number of amides is 1. The van der Waals surface area contributed by atoms with E-state index in [4.69, 9.17) is 9.47 Å². The molecule has 212 valence electrons. The highest BCUT2D eigenvalue weighted by Crippen LogP contribution is 2.22. The van der Waals surface area contributed by atoms with E-state index in [1.807, 2.05) is 24.3 Å². The van der Waals surface area contributed by atoms with Crippen LogP contribution in [0.5, 0.6) is 5.75 Å². The Morgan fingerprint density at radius 1 is 1.02 bits per heavy atom. The molecule has 0 aliphatic carbocycles. The fourth-order valence-electron chi connectivity index (χ4n) is 4.43. The molecule has 0 saturated carbocycles. The normalized spacial score (nSPS) is 15.4. The molecule has 2 heterocycles. The molecule has 1 aromatic heterocycles. The molecule has 10 nitrogen and oxygen atoms in total. The molecule has 3 aromatic rings. The molecule has 1 aliphatic rings. The van der Waals surface area contributed by atoms with Gasteiger partial charge in [-0.3, -0.25) is 14.5 Å². The molecule has 4 rings (SSSR count). The lowest BCUT2D eigenvalue weighted by molar-refractivity contribution is -0.153. The molecule has 0 radical (unpaired) electrons. The number of aliphatic hydroxyl groups is 1. The van der Waals surface area contributed by atoms with Crippen molar-refractivity contribution in [2.45, 2.75) is 45.3 Å². The number of benzene rings is 2. The summed E-state index contributed by atoms with van der Waals surface area (Å²) < 4.78 is 11.1. The van der Waals surface area contributed by atoms with Gasteiger partial charge in [0.2, 0.25) is 5.95 Å². The Balaban J connectivity index is 1.24. The maximum atomic E-state index is 12.4. The second kappa shape index (κ2) is 13.4. The van der Waals surface area contributed by atoms with Crippen LogP contribution in [0.1, 0.15) is 44.0 Å². The number of carbonyl (C=O) groups is 2. The highest BCUT2D eigenvalue weighted by Gasteiger charge is 2.23. The highest BCUT2D eigenvalue weighted by molar-refractivity contribution is 5.96. The van der Waals surface area contributed by atoms with Gasteiger partial charge in [0, 0.05) is 41.8 Å². The summed E-state index contributed by atoms with van der Waals surface area (Å²) >= 11 is 0. The number of nitrogens with zero attached hydrogens (tertiary/aromatic N) is 3. The van der Waals surface area contributed by atoms with Crippen molar-refractivity contribution in [3.8, 4) is 16.9 Å². The predicted octanol–water partition coefficient (Wildman–Crippen LogP) is 3.79. The molecule has 0 unspecified atom stereocenters. The molecule has 3 N–H and O–H groups in total. The first kappa shape index (κ1) is 29.0. The third-order valence-corrected chi connectivity index (χ3v) is 6.41. The maximum Gasteiger partial charge on any atom is 0.325 e. The Kier molecular flexibility index (Phi) is 9.68. The number of likely N-dealkylation sites (tertiary alicyclic amines) is 1. The zero-order chi connectivity index (χ0) is 28.5. The zero-order valence-electron chi connectivity index (χ0n) is 23.2. The molecule has 40 heavy (non-hydrogen) atoms. The van der Waals surface area contributed by atoms with Gasteiger partial charge in [-0.15, -0.1) is 0 Å². The second-order valence-corrected chi connectivity index (χ2v) is 10.7. The number of rotatable bonds is 11. The summed E-state index contributed by atoms with van der Waals surface area (Å²) in [4.78, 5) is 35.3. The number of nitrogens with one attached hydrogen (secondary N) is 2. The summed E-state index contributed by atoms with van der Waals surface area (Å²) in [5.41, 5.74) is 2.33. The summed E-state index contributed by atoms with van der Waals surface area (Å²) in [6.45, 7) is 7.72. The Labute approximate surface area is 234 Å². The van der Waals surface area contributed by atoms with Crippen molar-refractivity contribution in [3.63, 3.8) is 0 Å². The van der Waals surface area contributed by atoms with E-state index >= 15 is 0 Å². The van der Waals surface area contributed by atoms with Crippen molar-refractivity contribution < 1.29 is 24.2 Å². The van der Waals surface area contributed by atoms with Gasteiger partial charge in [0.1, 0.15) is 24.5 Å². The van der Waals surface area contributed by atoms with Crippen LogP contribution in [0.15, 0.2) is 60.9 Å². The van der Waals surface area contributed by atoms with Crippen molar-refractivity contribution in [3.05, 3.63) is 66.5 Å². The van der Waals surface area contributed by atoms with Crippen molar-refractivity contribution in [2.75, 3.05) is 38.2 Å². The minimum atomic E-state index is -0.602. The van der Waals surface area contributed by atoms with E-state index in [9.17, 15) is 14.7 Å². The van der Waals surface area contributed by atoms with E-state index < -0.39 is 11.6 Å². The summed E-state index contributed by atoms with van der Waals surface area (Å²) in [5.74, 6) is 0.396. The first-order valence-electron chi connectivity index (χ1n) is 13.5. The van der Waals surface area contributed by atoms with Crippen molar-refractivity contribution in [2.24, 2.45) is 0 Å². The summed E-state index contributed by atoms with van der Waals surface area (Å²) in [7, 11) is 0. The molecule has 1 fully saturated rings. The third-order valence-electron chi connectivity index (χ3n) is 6.41. The smallest absolute Gasteiger partial charge is 0.325 e. The fourth-order valence-corrected chi connectivity index (χ4v) is 4.43. The summed E-state index contributed by atoms with van der Waals surface area (Å²) in [5, 5.41) is 15.2. The summed E-state index contributed by atoms with van der Waals surface area (Å²) in [6.07, 6.45) is 5.59. The van der Waals surface area contributed by atoms with Crippen LogP contribution in [0.3, 0.4) is 0 Å². The van der Waals surface area contributed by atoms with Crippen LogP contribution in [0.25, 0.3) is 11.1 Å². The fraction of sp³-hybridized carbons (Fsp3) is 0.400. The predicted molar refractivity (Wildman–Crippen MR) is 153 cm³/mol. The first-order chi connectivity index (χ1) is 19.2. The van der Waals surface area contributed by atoms with Gasteiger partial charge in [0.25, 0.3) is 5.91 Å². The Morgan fingerprint density at radius 3 is 2.38 bits per heavy atom. The number of ether oxygens (including phenoxy) is 2. The lowest BCUT2D eigenvalue weighted by Gasteiger charge is -2.22. The van der Waals surface area contributed by atoms with Gasteiger partial charge < -0.3 is 25.2 Å². The van der Waals surface area contributed by atoms with Crippen LogP contribution in [0.2, 0.25) is 0 Å². The van der Waals surface area contributed by atoms with E-state index in [0.717, 1.165) is 48.5 Å². The van der Waals surface area contributed by atoms with Crippen LogP contribution in [-0.2, 0) is 9.53 Å². The van der Waals surface area contributed by atoms with E-state index in [-0.39, 0.29) is 25.1 Å². The van der Waals surface area contributed by atoms with Crippen molar-refractivity contribution in [1.29, 1.82) is 0 Å². The number of esters is 1. The average Bonchev–Trinajstić information content (AvgIpc) is 3.40. The lowest BCUT2D eigenvalue weighted by atomic mass is 10.1. The number of aliphatic hydroxyl groups excluding tert-OH is 1. The molecule has 1 saturated heterocycles. The van der Waals surface area contributed by atoms with Gasteiger partial charge in [-0.1, -0.05) is 12.1 Å². The average molecular weight is 548 g/mol. The number of anilines is 2. The molecular weight excluding hydrogens is 510 g/mol. The minimum absolute atomic E-state index is 0.194. The molecular formula is C30H37N5O5. The SMILES string of the molecule is CC(C)(C)OC(=O)CNC(=O)c1ccc(-c2cnc(Nc3ccc(OCCN4CCC[C@H]4CO)cc3)nc2)cc1. The lowest BCUT2D eigenvalue weighted by Crippen LogP contribution is -2.35. The van der Waals surface area contributed by atoms with Gasteiger partial charge in [-0.05, 0) is 82.1 Å². The number of hydrogen-bond acceptors (Lipinski definition) is 9. The van der Waals surface area contributed by atoms with Crippen LogP contribution in [0, 0.1) is 0 Å². The molecule has 10 heteroatoms. The molecule has 1 aliphatic heterocycles. The number of aromatic nitrogens is 2. The molecule has 1 amide bonds. The molecule has 1 atom stereocenters. The second-order valence-electron chi connectivity index (χ2n) is 10.7. The largest absolute Gasteiger partial charge is 0.492 e. The number of hydrogen-bond donors (Lipinski definition) is 3. The highest BCUT2D eigenvalue weighted by atomic mass is 16.6. The molecule has 0 bridgehead atoms.